The summed E-state index contributed by atoms with van der Waals surface area (Å²) in [6.07, 6.45) is 0.449. The van der Waals surface area contributed by atoms with Gasteiger partial charge in [-0.15, -0.1) is 0 Å². The van der Waals surface area contributed by atoms with E-state index in [-0.39, 0.29) is 12.1 Å². The molecule has 2 saturated heterocycles. The molecular weight excluding hydrogens is 509 g/mol. The molecule has 3 aliphatic rings. The van der Waals surface area contributed by atoms with Crippen LogP contribution >= 0.6 is 0 Å². The first-order chi connectivity index (χ1) is 18.2. The van der Waals surface area contributed by atoms with Gasteiger partial charge in [-0.05, 0) is 25.8 Å². The average molecular weight is 537 g/mol. The summed E-state index contributed by atoms with van der Waals surface area (Å²) in [5, 5.41) is 12.8. The van der Waals surface area contributed by atoms with Gasteiger partial charge in [0, 0.05) is 43.6 Å². The number of ether oxygens (including phenoxy) is 3. The van der Waals surface area contributed by atoms with Crippen LogP contribution in [-0.4, -0.2) is 85.8 Å². The van der Waals surface area contributed by atoms with Gasteiger partial charge in [0.15, 0.2) is 18.1 Å². The van der Waals surface area contributed by atoms with E-state index in [2.05, 4.69) is 35.5 Å². The molecule has 6 rings (SSSR count). The van der Waals surface area contributed by atoms with Crippen LogP contribution in [0.2, 0.25) is 0 Å². The van der Waals surface area contributed by atoms with Gasteiger partial charge in [-0.2, -0.15) is 13.9 Å². The zero-order valence-electron chi connectivity index (χ0n) is 20.4. The number of anilines is 2. The second-order valence-corrected chi connectivity index (χ2v) is 10.1. The number of aromatic amines is 1. The zero-order chi connectivity index (χ0) is 26.4. The van der Waals surface area contributed by atoms with Gasteiger partial charge in [-0.3, -0.25) is 14.4 Å². The molecule has 1 aliphatic carbocycles. The van der Waals surface area contributed by atoms with Gasteiger partial charge < -0.3 is 24.8 Å². The van der Waals surface area contributed by atoms with Gasteiger partial charge in [0.05, 0.1) is 24.1 Å². The Labute approximate surface area is 214 Å². The van der Waals surface area contributed by atoms with Crippen LogP contribution in [-0.2, 0) is 20.8 Å². The minimum absolute atomic E-state index is 0.0670. The fraction of sp³-hybridized carbons (Fsp3) is 0.565. The summed E-state index contributed by atoms with van der Waals surface area (Å²) in [4.78, 5) is 22.9. The van der Waals surface area contributed by atoms with E-state index in [9.17, 15) is 13.6 Å². The first-order valence-corrected chi connectivity index (χ1v) is 12.3. The van der Waals surface area contributed by atoms with E-state index in [0.29, 0.717) is 42.7 Å². The monoisotopic (exact) mass is 536 g/mol. The highest BCUT2D eigenvalue weighted by Gasteiger charge is 2.44. The number of hydrogen-bond donors (Lipinski definition) is 3. The summed E-state index contributed by atoms with van der Waals surface area (Å²) in [6, 6.07) is 3.34. The van der Waals surface area contributed by atoms with Crippen LogP contribution in [0.25, 0.3) is 5.65 Å². The summed E-state index contributed by atoms with van der Waals surface area (Å²) in [7, 11) is 0. The quantitative estimate of drug-likeness (QED) is 0.378. The van der Waals surface area contributed by atoms with Crippen LogP contribution in [0.3, 0.4) is 0 Å². The van der Waals surface area contributed by atoms with Crippen molar-refractivity contribution in [1.29, 1.82) is 0 Å². The topological polar surface area (TPSA) is 131 Å². The number of rotatable bonds is 9. The largest absolute Gasteiger partial charge is 0.441 e. The molecule has 15 heteroatoms. The van der Waals surface area contributed by atoms with E-state index in [0.717, 1.165) is 18.5 Å². The molecule has 38 heavy (non-hydrogen) atoms. The highest BCUT2D eigenvalue weighted by Crippen LogP contribution is 2.36. The highest BCUT2D eigenvalue weighted by molar-refractivity contribution is 5.69. The lowest BCUT2D eigenvalue weighted by molar-refractivity contribution is -0.197. The predicted molar refractivity (Wildman–Crippen MR) is 126 cm³/mol. The van der Waals surface area contributed by atoms with Gasteiger partial charge in [-0.25, -0.2) is 19.2 Å². The van der Waals surface area contributed by atoms with Crippen molar-refractivity contribution in [3.05, 3.63) is 35.9 Å². The number of aromatic nitrogens is 5. The van der Waals surface area contributed by atoms with Gasteiger partial charge in [-0.1, -0.05) is 0 Å². The number of H-pyrrole nitrogens is 1. The normalized spacial score (nSPS) is 25.0. The van der Waals surface area contributed by atoms with Crippen molar-refractivity contribution in [2.45, 2.75) is 62.9 Å². The molecule has 12 nitrogen and oxygen atoms in total. The molecule has 3 N–H and O–H groups in total. The van der Waals surface area contributed by atoms with Crippen molar-refractivity contribution in [3.63, 3.8) is 0 Å². The van der Waals surface area contributed by atoms with Crippen LogP contribution in [0.15, 0.2) is 24.5 Å². The summed E-state index contributed by atoms with van der Waals surface area (Å²) in [5.74, 6) is 0.807. The number of alkyl carbamates (subject to hydrolysis) is 1. The first-order valence-electron chi connectivity index (χ1n) is 12.3. The van der Waals surface area contributed by atoms with E-state index < -0.39 is 37.2 Å². The lowest BCUT2D eigenvalue weighted by atomic mass is 10.1. The van der Waals surface area contributed by atoms with Crippen LogP contribution < -0.4 is 10.6 Å². The number of nitrogens with one attached hydrogen (secondary N) is 3. The minimum Gasteiger partial charge on any atom is -0.441 e. The number of halogens is 3. The van der Waals surface area contributed by atoms with Gasteiger partial charge in [0.2, 0.25) is 5.95 Å². The molecule has 3 fully saturated rings. The lowest BCUT2D eigenvalue weighted by Crippen LogP contribution is -2.52. The molecule has 3 aromatic rings. The molecule has 0 bridgehead atoms. The summed E-state index contributed by atoms with van der Waals surface area (Å²) in [6.45, 7) is 0.368. The molecule has 3 atom stereocenters. The maximum absolute atomic E-state index is 15.0. The number of fused-ring (bicyclic) bond motifs is 1. The number of hydrogen-bond acceptors (Lipinski definition) is 9. The Hall–Kier alpha value is -3.43. The van der Waals surface area contributed by atoms with Gasteiger partial charge >= 0.3 is 12.7 Å². The smallest absolute Gasteiger partial charge is 0.408 e. The summed E-state index contributed by atoms with van der Waals surface area (Å²) in [5.41, 5.74) is 1.50. The van der Waals surface area contributed by atoms with Crippen molar-refractivity contribution in [2.24, 2.45) is 0 Å². The Bertz CT molecular complexity index is 1310. The molecule has 1 saturated carbocycles. The minimum atomic E-state index is -2.77. The van der Waals surface area contributed by atoms with Crippen molar-refractivity contribution in [3.8, 4) is 0 Å². The fourth-order valence-corrected chi connectivity index (χ4v) is 4.57. The third kappa shape index (κ3) is 5.26. The molecule has 3 aromatic heterocycles. The van der Waals surface area contributed by atoms with E-state index in [4.69, 9.17) is 9.47 Å². The third-order valence-corrected chi connectivity index (χ3v) is 6.93. The molecule has 1 amide bonds. The SMILES string of the molecule is CC1(NC(=O)O[C@H]2CO[C@@H](c3cc(Nc4nccc5nc(CN6CC(OC(F)F)C6)cn45)n[nH]3)[C@@H]2F)CC1. The fourth-order valence-electron chi connectivity index (χ4n) is 4.57. The van der Waals surface area contributed by atoms with E-state index >= 15 is 4.39 Å². The predicted octanol–water partition coefficient (Wildman–Crippen LogP) is 2.68. The maximum Gasteiger partial charge on any atom is 0.408 e. The standard InChI is InChI=1S/C23H27F3N8O4/c1-23(3-4-23)30-22(35)38-15-11-36-19(18(15)24)14-6-16(32-31-14)29-21-27-5-2-17-28-12(8-34(17)21)7-33-9-13(10-33)37-20(25)26/h2,5-6,8,13,15,18-20H,3-4,7,9-11H2,1H3,(H,30,35)(H2,27,29,31,32)/t15-,18+,19-/m0/s1. The van der Waals surface area contributed by atoms with Crippen LogP contribution in [0.4, 0.5) is 29.7 Å². The number of likely N-dealkylation sites (tertiary alicyclic amines) is 1. The Balaban J connectivity index is 1.07. The summed E-state index contributed by atoms with van der Waals surface area (Å²) >= 11 is 0. The number of nitrogens with zero attached hydrogens (tertiary/aromatic N) is 5. The Morgan fingerprint density at radius 3 is 2.95 bits per heavy atom. The number of carbonyl (C=O) groups is 1. The van der Waals surface area contributed by atoms with Crippen molar-refractivity contribution < 1.29 is 32.2 Å². The lowest BCUT2D eigenvalue weighted by Gasteiger charge is -2.37. The number of imidazole rings is 1. The van der Waals surface area contributed by atoms with Crippen molar-refractivity contribution in [1.82, 2.24) is 34.8 Å². The van der Waals surface area contributed by atoms with E-state index in [1.54, 1.807) is 28.9 Å². The first kappa shape index (κ1) is 24.9. The molecule has 2 aliphatic heterocycles. The Morgan fingerprint density at radius 1 is 1.37 bits per heavy atom. The molecule has 5 heterocycles. The zero-order valence-corrected chi connectivity index (χ0v) is 20.4. The Kier molecular flexibility index (Phi) is 6.36. The molecular formula is C23H27F3N8O4. The number of carbonyl (C=O) groups excluding carboxylic acids is 1. The average Bonchev–Trinajstić information content (AvgIpc) is 3.19. The molecule has 0 unspecified atom stereocenters. The molecule has 0 spiro atoms. The number of alkyl halides is 3. The Morgan fingerprint density at radius 2 is 2.18 bits per heavy atom. The van der Waals surface area contributed by atoms with Crippen LogP contribution in [0.1, 0.15) is 37.3 Å². The highest BCUT2D eigenvalue weighted by atomic mass is 19.3. The van der Waals surface area contributed by atoms with Gasteiger partial charge in [0.25, 0.3) is 0 Å². The third-order valence-electron chi connectivity index (χ3n) is 6.93. The summed E-state index contributed by atoms with van der Waals surface area (Å²) < 4.78 is 56.7. The maximum atomic E-state index is 15.0. The second kappa shape index (κ2) is 9.71. The van der Waals surface area contributed by atoms with Crippen LogP contribution in [0.5, 0.6) is 0 Å². The molecule has 0 radical (unpaired) electrons. The van der Waals surface area contributed by atoms with Crippen molar-refractivity contribution in [2.75, 3.05) is 25.0 Å². The van der Waals surface area contributed by atoms with E-state index in [1.165, 1.54) is 0 Å². The molecule has 0 aromatic carbocycles. The number of amides is 1. The van der Waals surface area contributed by atoms with Crippen molar-refractivity contribution >= 4 is 23.5 Å². The van der Waals surface area contributed by atoms with Gasteiger partial charge in [0.1, 0.15) is 11.8 Å². The van der Waals surface area contributed by atoms with Crippen LogP contribution in [0, 0.1) is 0 Å². The molecule has 204 valence electrons. The second-order valence-electron chi connectivity index (χ2n) is 10.1. The van der Waals surface area contributed by atoms with E-state index in [1.807, 2.05) is 11.8 Å².